The van der Waals surface area contributed by atoms with Crippen molar-refractivity contribution in [3.05, 3.63) is 0 Å². The third-order valence-corrected chi connectivity index (χ3v) is 20.1. The fraction of sp³-hybridized carbons (Fsp3) is 1.00. The summed E-state index contributed by atoms with van der Waals surface area (Å²) in [7, 11) is 0. The van der Waals surface area contributed by atoms with Crippen molar-refractivity contribution in [1.29, 1.82) is 0 Å². The minimum atomic E-state index is 0.542. The molecule has 7 fully saturated rings. The average molecular weight is 1110 g/mol. The van der Waals surface area contributed by atoms with E-state index >= 15 is 0 Å². The van der Waals surface area contributed by atoms with E-state index < -0.39 is 0 Å². The summed E-state index contributed by atoms with van der Waals surface area (Å²) in [6, 6.07) is 0. The molecule has 480 valence electrons. The maximum Gasteiger partial charge on any atom is -0.0326 e. The first kappa shape index (κ1) is 89.2. The molecule has 1 unspecified atom stereocenters. The van der Waals surface area contributed by atoms with Gasteiger partial charge in [-0.2, -0.15) is 0 Å². The molecule has 0 N–H and O–H groups in total. The average Bonchev–Trinajstić information content (AvgIpc) is 4.16. The van der Waals surface area contributed by atoms with Crippen molar-refractivity contribution in [1.82, 2.24) is 0 Å². The number of hydrogen-bond donors (Lipinski definition) is 0. The van der Waals surface area contributed by atoms with E-state index in [0.717, 1.165) is 93.7 Å². The van der Waals surface area contributed by atoms with E-state index in [9.17, 15) is 0 Å². The van der Waals surface area contributed by atoms with Crippen molar-refractivity contribution in [2.75, 3.05) is 0 Å². The van der Waals surface area contributed by atoms with Crippen molar-refractivity contribution in [3.8, 4) is 0 Å². The SMILES string of the molecule is CC(C)C(C)C.CC(C)C1CC1.CC1C(C)C1C.CCC(C)(C)C.CCC(C)(C)C.CCC(C)CC.CCC(C)CC.CCC1(C)CC1.CCC1(C)CC1.CCC1C[C@@H]1C.CCCC(C)C.CCCC1CC1.C[C@H]1CC1(C)C. The second-order valence-corrected chi connectivity index (χ2v) is 32.5. The van der Waals surface area contributed by atoms with Gasteiger partial charge in [0.1, 0.15) is 0 Å². The highest BCUT2D eigenvalue weighted by molar-refractivity contribution is 4.91. The molecule has 0 spiro atoms. The van der Waals surface area contributed by atoms with Crippen molar-refractivity contribution < 1.29 is 0 Å². The Bertz CT molecular complexity index is 1070. The lowest BCUT2D eigenvalue weighted by atomic mass is 9.94. The predicted molar refractivity (Wildman–Crippen MR) is 371 cm³/mol. The zero-order valence-corrected chi connectivity index (χ0v) is 62.8. The molecule has 0 heteroatoms. The van der Waals surface area contributed by atoms with E-state index in [-0.39, 0.29) is 0 Å². The Kier molecular flexibility index (Phi) is 56.4. The normalized spacial score (nSPS) is 23.2. The van der Waals surface area contributed by atoms with Gasteiger partial charge in [0.2, 0.25) is 0 Å². The molecule has 7 aliphatic carbocycles. The molecule has 0 saturated heterocycles. The Hall–Kier alpha value is 0. The summed E-state index contributed by atoms with van der Waals surface area (Å²) >= 11 is 0. The summed E-state index contributed by atoms with van der Waals surface area (Å²) in [6.07, 6.45) is 32.5. The standard InChI is InChI=1S/7C6H12.6C6H14/c1-5-4-6(5,2)3;1-5(2)6-3-4-6;1-4-5(2)6(4)3;2*1-3-6(2)4-5-6;1-3-6-4-5(6)2;1-2-3-6-4-5-6;2*1-5-6(2,3)4;1-5(2)6(3)4;1-4-5-6(2)3;2*1-4-6(3)5-2/h5H,4H2,1-3H3;5-6H,3-4H2,1-2H3;4-6H,1-3H3;2*3-5H2,1-2H3;5-6H,3-4H2,1-2H3;6H,2-5H2,1H3;2*5H2,1-4H3;5-6H,1-4H3;3*6H,4-5H2,1-3H3/t5-;;;;;5-,6?;;;;;;;/m0....0......./s1. The largest absolute Gasteiger partial charge is 0.0654 e. The number of rotatable bonds is 13. The maximum absolute atomic E-state index is 2.35. The van der Waals surface area contributed by atoms with Crippen LogP contribution in [0.4, 0.5) is 0 Å². The van der Waals surface area contributed by atoms with E-state index in [0.29, 0.717) is 16.2 Å². The fourth-order valence-corrected chi connectivity index (χ4v) is 6.48. The second-order valence-electron chi connectivity index (χ2n) is 32.5. The van der Waals surface area contributed by atoms with Crippen LogP contribution in [0.15, 0.2) is 0 Å². The molecule has 0 radical (unpaired) electrons. The maximum atomic E-state index is 2.35. The molecule has 7 rings (SSSR count). The lowest BCUT2D eigenvalue weighted by Crippen LogP contribution is -2.00. The molecule has 0 aromatic rings. The predicted octanol–water partition coefficient (Wildman–Crippen LogP) is 29.2. The van der Waals surface area contributed by atoms with E-state index in [1.807, 2.05) is 0 Å². The monoisotopic (exact) mass is 1110 g/mol. The summed E-state index contributed by atoms with van der Waals surface area (Å²) in [5.41, 5.74) is 3.38. The van der Waals surface area contributed by atoms with Gasteiger partial charge in [-0.25, -0.2) is 0 Å². The highest BCUT2D eigenvalue weighted by Gasteiger charge is 2.41. The first-order chi connectivity index (χ1) is 35.6. The molecule has 0 amide bonds. The molecule has 0 aromatic heterocycles. The van der Waals surface area contributed by atoms with Crippen LogP contribution in [0, 0.1) is 110 Å². The van der Waals surface area contributed by atoms with Gasteiger partial charge in [0, 0.05) is 0 Å². The van der Waals surface area contributed by atoms with Crippen LogP contribution in [-0.4, -0.2) is 0 Å². The Morgan fingerprint density at radius 1 is 0.462 bits per heavy atom. The first-order valence-electron chi connectivity index (χ1n) is 35.6. The van der Waals surface area contributed by atoms with Crippen LogP contribution in [0.1, 0.15) is 397 Å². The van der Waals surface area contributed by atoms with Gasteiger partial charge in [0.05, 0.1) is 0 Å². The molecule has 0 bridgehead atoms. The van der Waals surface area contributed by atoms with Crippen LogP contribution < -0.4 is 0 Å². The van der Waals surface area contributed by atoms with Gasteiger partial charge in [0.25, 0.3) is 0 Å². The summed E-state index contributed by atoms with van der Waals surface area (Å²) in [5.74, 6) is 13.9. The summed E-state index contributed by atoms with van der Waals surface area (Å²) in [5, 5.41) is 0. The van der Waals surface area contributed by atoms with Crippen LogP contribution in [0.2, 0.25) is 0 Å². The Balaban J connectivity index is -0.000000180. The van der Waals surface area contributed by atoms with Crippen molar-refractivity contribution in [3.63, 3.8) is 0 Å². The lowest BCUT2D eigenvalue weighted by molar-refractivity contribution is 0.397. The molecule has 3 atom stereocenters. The Morgan fingerprint density at radius 3 is 0.756 bits per heavy atom. The number of hydrogen-bond acceptors (Lipinski definition) is 0. The molecular weight excluding hydrogens is 937 g/mol. The lowest BCUT2D eigenvalue weighted by Gasteiger charge is -2.12. The Labute approximate surface area is 504 Å². The zero-order valence-electron chi connectivity index (χ0n) is 62.8. The highest BCUT2D eigenvalue weighted by Crippen LogP contribution is 2.51. The zero-order chi connectivity index (χ0) is 62.8. The van der Waals surface area contributed by atoms with E-state index in [4.69, 9.17) is 0 Å². The summed E-state index contributed by atoms with van der Waals surface area (Å²) < 4.78 is 0. The fourth-order valence-electron chi connectivity index (χ4n) is 6.48. The summed E-state index contributed by atoms with van der Waals surface area (Å²) in [6.45, 7) is 81.6. The van der Waals surface area contributed by atoms with Crippen LogP contribution in [0.3, 0.4) is 0 Å². The van der Waals surface area contributed by atoms with Crippen LogP contribution in [-0.2, 0) is 0 Å². The van der Waals surface area contributed by atoms with Gasteiger partial charge in [-0.1, -0.05) is 346 Å². The van der Waals surface area contributed by atoms with Gasteiger partial charge >= 0.3 is 0 Å². The topological polar surface area (TPSA) is 0 Å². The van der Waals surface area contributed by atoms with Crippen molar-refractivity contribution >= 4 is 0 Å². The van der Waals surface area contributed by atoms with Crippen molar-refractivity contribution in [2.24, 2.45) is 110 Å². The molecule has 0 nitrogen and oxygen atoms in total. The smallest absolute Gasteiger partial charge is 0.0326 e. The van der Waals surface area contributed by atoms with Gasteiger partial charge in [-0.15, -0.1) is 0 Å². The highest BCUT2D eigenvalue weighted by atomic mass is 14.5. The van der Waals surface area contributed by atoms with Crippen LogP contribution >= 0.6 is 0 Å². The van der Waals surface area contributed by atoms with Gasteiger partial charge in [-0.3, -0.25) is 0 Å². The molecule has 7 aliphatic rings. The summed E-state index contributed by atoms with van der Waals surface area (Å²) in [4.78, 5) is 0. The van der Waals surface area contributed by atoms with Crippen LogP contribution in [0.5, 0.6) is 0 Å². The van der Waals surface area contributed by atoms with Crippen molar-refractivity contribution in [2.45, 2.75) is 397 Å². The second kappa shape index (κ2) is 49.3. The van der Waals surface area contributed by atoms with Gasteiger partial charge in [0.15, 0.2) is 0 Å². The Morgan fingerprint density at radius 2 is 0.744 bits per heavy atom. The molecule has 0 heterocycles. The van der Waals surface area contributed by atoms with E-state index in [1.165, 1.54) is 148 Å². The molecule has 78 heavy (non-hydrogen) atoms. The third kappa shape index (κ3) is 72.1. The third-order valence-electron chi connectivity index (χ3n) is 20.1. The quantitative estimate of drug-likeness (QED) is 0.172. The molecule has 7 saturated carbocycles. The molecular formula is C78H168. The minimum absolute atomic E-state index is 0.542. The minimum Gasteiger partial charge on any atom is -0.0654 e. The van der Waals surface area contributed by atoms with E-state index in [2.05, 4.69) is 249 Å². The van der Waals surface area contributed by atoms with Gasteiger partial charge < -0.3 is 0 Å². The van der Waals surface area contributed by atoms with Crippen LogP contribution in [0.25, 0.3) is 0 Å². The molecule has 0 aliphatic heterocycles. The van der Waals surface area contributed by atoms with Gasteiger partial charge in [-0.05, 0) is 161 Å². The van der Waals surface area contributed by atoms with E-state index in [1.54, 1.807) is 0 Å². The molecule has 0 aromatic carbocycles. The first-order valence-corrected chi connectivity index (χ1v) is 35.6.